The van der Waals surface area contributed by atoms with Gasteiger partial charge in [0.25, 0.3) is 0 Å². The van der Waals surface area contributed by atoms with E-state index in [1.54, 1.807) is 12.4 Å². The van der Waals surface area contributed by atoms with Crippen molar-refractivity contribution in [1.82, 2.24) is 25.1 Å². The number of nitrogens with zero attached hydrogens (tertiary/aromatic N) is 4. The van der Waals surface area contributed by atoms with Gasteiger partial charge in [-0.1, -0.05) is 41.6 Å². The van der Waals surface area contributed by atoms with Gasteiger partial charge >= 0.3 is 0 Å². The van der Waals surface area contributed by atoms with Gasteiger partial charge in [-0.15, -0.1) is 10.2 Å². The third kappa shape index (κ3) is 4.25. The number of carbonyl (C=O) groups excluding carboxylic acids is 1. The first kappa shape index (κ1) is 18.7. The Bertz CT molecular complexity index is 951. The lowest BCUT2D eigenvalue weighted by atomic mass is 10.1. The van der Waals surface area contributed by atoms with Crippen molar-refractivity contribution in [2.75, 3.05) is 0 Å². The first-order chi connectivity index (χ1) is 13.6. The zero-order chi connectivity index (χ0) is 19.5. The molecule has 4 rings (SSSR count). The fourth-order valence-corrected chi connectivity index (χ4v) is 3.91. The van der Waals surface area contributed by atoms with Gasteiger partial charge in [0.15, 0.2) is 11.0 Å². The Morgan fingerprint density at radius 2 is 2.04 bits per heavy atom. The lowest BCUT2D eigenvalue weighted by molar-refractivity contribution is -0.120. The molecule has 1 amide bonds. The number of benzene rings is 1. The summed E-state index contributed by atoms with van der Waals surface area (Å²) in [5, 5.41) is 12.3. The average Bonchev–Trinajstić information content (AvgIpc) is 3.48. The number of hydrogen-bond donors (Lipinski definition) is 1. The van der Waals surface area contributed by atoms with E-state index < -0.39 is 0 Å². The summed E-state index contributed by atoms with van der Waals surface area (Å²) in [4.78, 5) is 16.7. The summed E-state index contributed by atoms with van der Waals surface area (Å²) in [7, 11) is 0. The third-order valence-electron chi connectivity index (χ3n) is 4.74. The molecule has 0 unspecified atom stereocenters. The highest BCUT2D eigenvalue weighted by Gasteiger charge is 2.31. The summed E-state index contributed by atoms with van der Waals surface area (Å²) < 4.78 is 2.16. The second-order valence-electron chi connectivity index (χ2n) is 7.11. The highest BCUT2D eigenvalue weighted by Crippen LogP contribution is 2.41. The zero-order valence-corrected chi connectivity index (χ0v) is 16.8. The summed E-state index contributed by atoms with van der Waals surface area (Å²) in [5.74, 6) is 0.823. The molecule has 1 saturated carbocycles. The number of amides is 1. The molecule has 28 heavy (non-hydrogen) atoms. The van der Waals surface area contributed by atoms with Gasteiger partial charge in [0.1, 0.15) is 0 Å². The minimum atomic E-state index is -0.256. The minimum absolute atomic E-state index is 0.00107. The molecular weight excluding hydrogens is 370 g/mol. The van der Waals surface area contributed by atoms with Crippen molar-refractivity contribution in [3.8, 4) is 11.4 Å². The van der Waals surface area contributed by atoms with Crippen LogP contribution in [0.4, 0.5) is 0 Å². The van der Waals surface area contributed by atoms with Crippen LogP contribution in [-0.4, -0.2) is 30.9 Å². The van der Waals surface area contributed by atoms with Crippen molar-refractivity contribution in [1.29, 1.82) is 0 Å². The Kier molecular flexibility index (Phi) is 5.43. The summed E-state index contributed by atoms with van der Waals surface area (Å²) in [6, 6.07) is 12.5. The molecule has 1 aromatic carbocycles. The predicted octanol–water partition coefficient (Wildman–Crippen LogP) is 3.78. The van der Waals surface area contributed by atoms with Crippen LogP contribution in [-0.2, 0) is 11.3 Å². The van der Waals surface area contributed by atoms with E-state index in [2.05, 4.69) is 44.1 Å². The molecule has 3 aromatic rings. The van der Waals surface area contributed by atoms with Crippen molar-refractivity contribution >= 4 is 17.7 Å². The fraction of sp³-hybridized carbons (Fsp3) is 0.333. The minimum Gasteiger partial charge on any atom is -0.351 e. The normalized spacial score (nSPS) is 14.6. The maximum Gasteiger partial charge on any atom is 0.233 e. The van der Waals surface area contributed by atoms with Crippen molar-refractivity contribution < 1.29 is 4.79 Å². The van der Waals surface area contributed by atoms with Crippen LogP contribution < -0.4 is 5.32 Å². The zero-order valence-electron chi connectivity index (χ0n) is 16.0. The van der Waals surface area contributed by atoms with Crippen LogP contribution in [0, 0.1) is 6.92 Å². The molecule has 7 heteroatoms. The van der Waals surface area contributed by atoms with Crippen LogP contribution in [0.25, 0.3) is 11.4 Å². The number of aromatic nitrogens is 4. The largest absolute Gasteiger partial charge is 0.351 e. The van der Waals surface area contributed by atoms with Gasteiger partial charge in [0, 0.05) is 30.5 Å². The van der Waals surface area contributed by atoms with E-state index in [-0.39, 0.29) is 11.2 Å². The Morgan fingerprint density at radius 3 is 2.71 bits per heavy atom. The molecule has 0 saturated heterocycles. The van der Waals surface area contributed by atoms with Gasteiger partial charge in [0.2, 0.25) is 5.91 Å². The summed E-state index contributed by atoms with van der Waals surface area (Å²) in [6.07, 6.45) is 5.78. The molecule has 1 aliphatic carbocycles. The van der Waals surface area contributed by atoms with Gasteiger partial charge in [0.05, 0.1) is 5.25 Å². The van der Waals surface area contributed by atoms with Crippen molar-refractivity contribution in [2.24, 2.45) is 0 Å². The number of thioether (sulfide) groups is 1. The molecule has 0 bridgehead atoms. The predicted molar refractivity (Wildman–Crippen MR) is 110 cm³/mol. The second kappa shape index (κ2) is 8.14. The van der Waals surface area contributed by atoms with E-state index in [9.17, 15) is 4.79 Å². The molecule has 2 heterocycles. The molecule has 0 aliphatic heterocycles. The van der Waals surface area contributed by atoms with E-state index >= 15 is 0 Å². The van der Waals surface area contributed by atoms with Gasteiger partial charge in [-0.25, -0.2) is 0 Å². The first-order valence-corrected chi connectivity index (χ1v) is 10.3. The highest BCUT2D eigenvalue weighted by atomic mass is 32.2. The van der Waals surface area contributed by atoms with E-state index in [1.165, 1.54) is 17.3 Å². The summed E-state index contributed by atoms with van der Waals surface area (Å²) in [5.41, 5.74) is 3.25. The summed E-state index contributed by atoms with van der Waals surface area (Å²) >= 11 is 1.46. The average molecular weight is 394 g/mol. The van der Waals surface area contributed by atoms with Crippen molar-refractivity contribution in [3.63, 3.8) is 0 Å². The lowest BCUT2D eigenvalue weighted by Gasteiger charge is -2.13. The van der Waals surface area contributed by atoms with E-state index in [1.807, 2.05) is 31.2 Å². The van der Waals surface area contributed by atoms with Crippen LogP contribution in [0.3, 0.4) is 0 Å². The van der Waals surface area contributed by atoms with Crippen molar-refractivity contribution in [3.05, 3.63) is 59.9 Å². The number of nitrogens with one attached hydrogen (secondary N) is 1. The molecule has 1 N–H and O–H groups in total. The third-order valence-corrected chi connectivity index (χ3v) is 5.79. The van der Waals surface area contributed by atoms with Gasteiger partial charge in [-0.05, 0) is 44.4 Å². The monoisotopic (exact) mass is 393 g/mol. The molecule has 1 fully saturated rings. The molecule has 0 radical (unpaired) electrons. The van der Waals surface area contributed by atoms with Crippen LogP contribution >= 0.6 is 11.8 Å². The van der Waals surface area contributed by atoms with E-state index in [0.717, 1.165) is 34.9 Å². The van der Waals surface area contributed by atoms with Gasteiger partial charge in [-0.2, -0.15) is 0 Å². The molecule has 1 atom stereocenters. The maximum atomic E-state index is 12.6. The summed E-state index contributed by atoms with van der Waals surface area (Å²) in [6.45, 7) is 4.49. The smallest absolute Gasteiger partial charge is 0.233 e. The Labute approximate surface area is 168 Å². The Morgan fingerprint density at radius 1 is 1.25 bits per heavy atom. The lowest BCUT2D eigenvalue weighted by Crippen LogP contribution is -2.30. The molecule has 1 aliphatic rings. The van der Waals surface area contributed by atoms with Gasteiger partial charge < -0.3 is 5.32 Å². The van der Waals surface area contributed by atoms with Crippen LogP contribution in [0.2, 0.25) is 0 Å². The number of carbonyl (C=O) groups is 1. The number of aryl methyl sites for hydroxylation is 1. The number of pyridine rings is 1. The van der Waals surface area contributed by atoms with E-state index in [4.69, 9.17) is 0 Å². The van der Waals surface area contributed by atoms with Crippen molar-refractivity contribution in [2.45, 2.75) is 49.7 Å². The first-order valence-electron chi connectivity index (χ1n) is 9.47. The molecular formula is C21H23N5OS. The molecule has 6 nitrogen and oxygen atoms in total. The van der Waals surface area contributed by atoms with Crippen LogP contribution in [0.1, 0.15) is 36.9 Å². The number of rotatable bonds is 7. The fourth-order valence-electron chi connectivity index (χ4n) is 2.96. The molecule has 0 spiro atoms. The highest BCUT2D eigenvalue weighted by molar-refractivity contribution is 8.00. The van der Waals surface area contributed by atoms with E-state index in [0.29, 0.717) is 12.6 Å². The number of hydrogen-bond acceptors (Lipinski definition) is 5. The molecule has 2 aromatic heterocycles. The van der Waals surface area contributed by atoms with Crippen LogP contribution in [0.5, 0.6) is 0 Å². The second-order valence-corrected chi connectivity index (χ2v) is 8.42. The Balaban J connectivity index is 1.44. The van der Waals surface area contributed by atoms with Gasteiger partial charge in [-0.3, -0.25) is 14.3 Å². The quantitative estimate of drug-likeness (QED) is 0.619. The standard InChI is InChI=1S/C21H23N5OS/c1-14-5-7-16(8-6-14)12-23-20(27)15(2)28-21-25-24-19(26(21)18-9-10-18)17-4-3-11-22-13-17/h3-8,11,13,15,18H,9-10,12H2,1-2H3,(H,23,27)/t15-/m1/s1. The van der Waals surface area contributed by atoms with Crippen LogP contribution in [0.15, 0.2) is 53.9 Å². The maximum absolute atomic E-state index is 12.6. The SMILES string of the molecule is Cc1ccc(CNC(=O)[C@@H](C)Sc2nnc(-c3cccnc3)n2C2CC2)cc1. The molecule has 144 valence electrons. The Hall–Kier alpha value is -2.67. The topological polar surface area (TPSA) is 72.7 Å².